The maximum atomic E-state index is 13.4. The van der Waals surface area contributed by atoms with Crippen LogP contribution in [0.25, 0.3) is 0 Å². The summed E-state index contributed by atoms with van der Waals surface area (Å²) < 4.78 is 0. The molecule has 0 aliphatic carbocycles. The van der Waals surface area contributed by atoms with Crippen LogP contribution >= 0.6 is 12.6 Å². The molecule has 4 nitrogen and oxygen atoms in total. The molecule has 0 aliphatic heterocycles. The van der Waals surface area contributed by atoms with Crippen LogP contribution in [0, 0.1) is 0 Å². The predicted molar refractivity (Wildman–Crippen MR) is 128 cm³/mol. The van der Waals surface area contributed by atoms with Crippen LogP contribution in [0.2, 0.25) is 0 Å². The number of hydrogen-bond acceptors (Lipinski definition) is 3. The zero-order chi connectivity index (χ0) is 22.7. The Balaban J connectivity index is 3.41. The molecule has 0 saturated heterocycles. The molecule has 2 atom stereocenters. The van der Waals surface area contributed by atoms with Crippen LogP contribution in [-0.2, 0) is 4.79 Å². The standard InChI is InChI=1S/C25H35NO3S/c1-6-19(4)15-22(16-20(5)12-10-11-18(2)3)26(23(17-30)25(28)29)24(27)21-13-8-7-9-14-21/h6-9,11,13-14,16,22-23,30H,10,12,15,17H2,1-5H3,(H,28,29)/t22?,23-/m0/s1. The van der Waals surface area contributed by atoms with Crippen molar-refractivity contribution in [1.29, 1.82) is 0 Å². The molecule has 1 amide bonds. The molecule has 0 fully saturated rings. The molecule has 0 radical (unpaired) electrons. The molecule has 1 aromatic carbocycles. The fraction of sp³-hybridized carbons (Fsp3) is 0.440. The van der Waals surface area contributed by atoms with Gasteiger partial charge in [-0.1, -0.05) is 53.1 Å². The highest BCUT2D eigenvalue weighted by molar-refractivity contribution is 7.80. The van der Waals surface area contributed by atoms with Crippen molar-refractivity contribution in [2.75, 3.05) is 5.75 Å². The van der Waals surface area contributed by atoms with Crippen LogP contribution in [0.5, 0.6) is 0 Å². The quantitative estimate of drug-likeness (QED) is 0.339. The lowest BCUT2D eigenvalue weighted by molar-refractivity contribution is -0.142. The number of carboxylic acid groups (broad SMARTS) is 1. The molecule has 0 aliphatic rings. The molecule has 0 bridgehead atoms. The van der Waals surface area contributed by atoms with E-state index in [0.717, 1.165) is 24.0 Å². The molecule has 30 heavy (non-hydrogen) atoms. The molecule has 1 unspecified atom stereocenters. The Bertz CT molecular complexity index is 792. The van der Waals surface area contributed by atoms with Gasteiger partial charge in [-0.3, -0.25) is 4.79 Å². The molecule has 0 spiro atoms. The van der Waals surface area contributed by atoms with E-state index in [9.17, 15) is 14.7 Å². The van der Waals surface area contributed by atoms with Crippen molar-refractivity contribution < 1.29 is 14.7 Å². The molecule has 1 N–H and O–H groups in total. The number of allylic oxidation sites excluding steroid dienone is 4. The highest BCUT2D eigenvalue weighted by Gasteiger charge is 2.34. The van der Waals surface area contributed by atoms with Gasteiger partial charge in [-0.05, 0) is 66.0 Å². The first-order chi connectivity index (χ1) is 14.2. The van der Waals surface area contributed by atoms with E-state index < -0.39 is 12.0 Å². The van der Waals surface area contributed by atoms with Crippen LogP contribution < -0.4 is 0 Å². The van der Waals surface area contributed by atoms with Gasteiger partial charge in [0.25, 0.3) is 5.91 Å². The number of hydrogen-bond donors (Lipinski definition) is 2. The highest BCUT2D eigenvalue weighted by Crippen LogP contribution is 2.23. The van der Waals surface area contributed by atoms with Crippen molar-refractivity contribution in [3.05, 3.63) is 70.8 Å². The monoisotopic (exact) mass is 429 g/mol. The molecule has 1 aromatic rings. The lowest BCUT2D eigenvalue weighted by atomic mass is 9.98. The Hall–Kier alpha value is -2.27. The zero-order valence-corrected chi connectivity index (χ0v) is 19.7. The van der Waals surface area contributed by atoms with Gasteiger partial charge in [0.1, 0.15) is 6.04 Å². The fourth-order valence-electron chi connectivity index (χ4n) is 3.22. The first-order valence-electron chi connectivity index (χ1n) is 10.3. The van der Waals surface area contributed by atoms with Gasteiger partial charge < -0.3 is 10.0 Å². The lowest BCUT2D eigenvalue weighted by Crippen LogP contribution is -2.51. The van der Waals surface area contributed by atoms with Crippen LogP contribution in [-0.4, -0.2) is 39.7 Å². The minimum absolute atomic E-state index is 0.0456. The second-order valence-electron chi connectivity index (χ2n) is 7.85. The Kier molecular flexibility index (Phi) is 11.3. The second kappa shape index (κ2) is 13.1. The van der Waals surface area contributed by atoms with Crippen molar-refractivity contribution >= 4 is 24.5 Å². The number of carboxylic acids is 1. The molecule has 0 saturated carbocycles. The predicted octanol–water partition coefficient (Wildman–Crippen LogP) is 5.93. The Labute approximate surface area is 186 Å². The molecule has 164 valence electrons. The molecule has 0 heterocycles. The lowest BCUT2D eigenvalue weighted by Gasteiger charge is -2.35. The summed E-state index contributed by atoms with van der Waals surface area (Å²) in [5.74, 6) is -1.29. The highest BCUT2D eigenvalue weighted by atomic mass is 32.1. The van der Waals surface area contributed by atoms with Gasteiger partial charge >= 0.3 is 5.97 Å². The Morgan fingerprint density at radius 1 is 1.10 bits per heavy atom. The van der Waals surface area contributed by atoms with Crippen molar-refractivity contribution in [3.8, 4) is 0 Å². The number of carbonyl (C=O) groups is 2. The number of nitrogens with zero attached hydrogens (tertiary/aromatic N) is 1. The van der Waals surface area contributed by atoms with Crippen molar-refractivity contribution in [1.82, 2.24) is 4.90 Å². The average molecular weight is 430 g/mol. The molecular formula is C25H35NO3S. The number of thiol groups is 1. The van der Waals surface area contributed by atoms with Crippen molar-refractivity contribution in [2.24, 2.45) is 0 Å². The summed E-state index contributed by atoms with van der Waals surface area (Å²) in [5.41, 5.74) is 3.98. The van der Waals surface area contributed by atoms with Gasteiger partial charge in [-0.15, -0.1) is 0 Å². The van der Waals surface area contributed by atoms with Crippen molar-refractivity contribution in [2.45, 2.75) is 66.0 Å². The smallest absolute Gasteiger partial charge is 0.327 e. The number of benzene rings is 1. The summed E-state index contributed by atoms with van der Waals surface area (Å²) >= 11 is 4.26. The van der Waals surface area contributed by atoms with E-state index in [1.165, 1.54) is 10.5 Å². The van der Waals surface area contributed by atoms with Gasteiger partial charge in [0.05, 0.1) is 6.04 Å². The number of amides is 1. The maximum Gasteiger partial charge on any atom is 0.327 e. The number of aliphatic carboxylic acids is 1. The van der Waals surface area contributed by atoms with Gasteiger partial charge in [-0.25, -0.2) is 4.79 Å². The normalized spacial score (nSPS) is 14.1. The summed E-state index contributed by atoms with van der Waals surface area (Å²) in [6, 6.07) is 7.47. The van der Waals surface area contributed by atoms with Crippen LogP contribution in [0.4, 0.5) is 0 Å². The number of carbonyl (C=O) groups excluding carboxylic acids is 1. The zero-order valence-electron chi connectivity index (χ0n) is 18.8. The first kappa shape index (κ1) is 25.8. The van der Waals surface area contributed by atoms with Crippen molar-refractivity contribution in [3.63, 3.8) is 0 Å². The third kappa shape index (κ3) is 8.23. The molecule has 0 aromatic heterocycles. The minimum atomic E-state index is -1.05. The van der Waals surface area contributed by atoms with Crippen LogP contribution in [0.15, 0.2) is 65.3 Å². The average Bonchev–Trinajstić information content (AvgIpc) is 2.70. The van der Waals surface area contributed by atoms with E-state index in [0.29, 0.717) is 12.0 Å². The maximum absolute atomic E-state index is 13.4. The van der Waals surface area contributed by atoms with E-state index in [4.69, 9.17) is 0 Å². The summed E-state index contributed by atoms with van der Waals surface area (Å²) in [5, 5.41) is 9.83. The minimum Gasteiger partial charge on any atom is -0.480 e. The Morgan fingerprint density at radius 2 is 1.73 bits per heavy atom. The molecule has 1 rings (SSSR count). The van der Waals surface area contributed by atoms with E-state index in [1.54, 1.807) is 24.3 Å². The Morgan fingerprint density at radius 3 is 2.23 bits per heavy atom. The third-order valence-electron chi connectivity index (χ3n) is 5.00. The summed E-state index contributed by atoms with van der Waals surface area (Å²) in [6.45, 7) is 10.1. The van der Waals surface area contributed by atoms with E-state index in [-0.39, 0.29) is 17.7 Å². The topological polar surface area (TPSA) is 57.6 Å². The molecule has 5 heteroatoms. The number of rotatable bonds is 11. The van der Waals surface area contributed by atoms with Crippen LogP contribution in [0.1, 0.15) is 64.2 Å². The molecular weight excluding hydrogens is 394 g/mol. The van der Waals surface area contributed by atoms with Gasteiger partial charge in [-0.2, -0.15) is 12.6 Å². The van der Waals surface area contributed by atoms with E-state index in [1.807, 2.05) is 39.0 Å². The summed E-state index contributed by atoms with van der Waals surface area (Å²) in [7, 11) is 0. The third-order valence-corrected chi connectivity index (χ3v) is 5.34. The SMILES string of the molecule is CC=C(C)CC(C=C(C)CCC=C(C)C)N(C(=O)c1ccccc1)[C@@H](CS)C(=O)O. The largest absolute Gasteiger partial charge is 0.480 e. The van der Waals surface area contributed by atoms with Crippen LogP contribution in [0.3, 0.4) is 0 Å². The van der Waals surface area contributed by atoms with Gasteiger partial charge in [0, 0.05) is 11.3 Å². The van der Waals surface area contributed by atoms with E-state index in [2.05, 4.69) is 32.6 Å². The summed E-state index contributed by atoms with van der Waals surface area (Å²) in [4.78, 5) is 26.9. The van der Waals surface area contributed by atoms with Gasteiger partial charge in [0.15, 0.2) is 0 Å². The van der Waals surface area contributed by atoms with Gasteiger partial charge in [0.2, 0.25) is 0 Å². The second-order valence-corrected chi connectivity index (χ2v) is 8.22. The fourth-order valence-corrected chi connectivity index (χ4v) is 3.56. The first-order valence-corrected chi connectivity index (χ1v) is 11.0. The van der Waals surface area contributed by atoms with E-state index >= 15 is 0 Å². The summed E-state index contributed by atoms with van der Waals surface area (Å²) in [6.07, 6.45) is 8.59.